The predicted octanol–water partition coefficient (Wildman–Crippen LogP) is 4.42. The molecule has 0 radical (unpaired) electrons. The Bertz CT molecular complexity index is 1210. The fourth-order valence-electron chi connectivity index (χ4n) is 2.56. The molecule has 0 aliphatic rings. The Kier molecular flexibility index (Phi) is 5.98. The van der Waals surface area contributed by atoms with Gasteiger partial charge in [-0.3, -0.25) is 4.79 Å². The van der Waals surface area contributed by atoms with E-state index in [-0.39, 0.29) is 11.7 Å². The normalized spacial score (nSPS) is 11.9. The number of aryl methyl sites for hydroxylation is 1. The van der Waals surface area contributed by atoms with Crippen molar-refractivity contribution < 1.29 is 13.6 Å². The second-order valence-corrected chi connectivity index (χ2v) is 8.17. The van der Waals surface area contributed by atoms with Crippen LogP contribution < -0.4 is 4.80 Å². The van der Waals surface area contributed by atoms with E-state index in [1.807, 2.05) is 47.3 Å². The van der Waals surface area contributed by atoms with E-state index in [0.29, 0.717) is 33.2 Å². The van der Waals surface area contributed by atoms with E-state index in [4.69, 9.17) is 20.4 Å². The Hall–Kier alpha value is -2.62. The number of thiazole rings is 1. The molecule has 0 unspecified atom stereocenters. The highest BCUT2D eigenvalue weighted by Gasteiger charge is 2.14. The third kappa shape index (κ3) is 4.69. The Morgan fingerprint density at radius 1 is 1.31 bits per heavy atom. The SMILES string of the molecule is Cc1occc1-c1nnc(SCC(=O)N=c2sccn2Cc2ccccc2Cl)o1. The van der Waals surface area contributed by atoms with E-state index < -0.39 is 0 Å². The first-order valence-electron chi connectivity index (χ1n) is 8.56. The number of nitrogens with zero attached hydrogens (tertiary/aromatic N) is 4. The van der Waals surface area contributed by atoms with Crippen molar-refractivity contribution in [3.63, 3.8) is 0 Å². The molecule has 4 aromatic rings. The number of amides is 1. The highest BCUT2D eigenvalue weighted by Crippen LogP contribution is 2.26. The van der Waals surface area contributed by atoms with E-state index in [1.165, 1.54) is 11.3 Å². The third-order valence-corrected chi connectivity index (χ3v) is 5.96. The van der Waals surface area contributed by atoms with Crippen LogP contribution in [0.5, 0.6) is 0 Å². The van der Waals surface area contributed by atoms with Gasteiger partial charge in [0.2, 0.25) is 0 Å². The van der Waals surface area contributed by atoms with Gasteiger partial charge in [0.15, 0.2) is 4.80 Å². The van der Waals surface area contributed by atoms with Crippen molar-refractivity contribution in [2.24, 2.45) is 4.99 Å². The topological polar surface area (TPSA) is 86.4 Å². The molecule has 7 nitrogen and oxygen atoms in total. The number of carbonyl (C=O) groups is 1. The van der Waals surface area contributed by atoms with Crippen LogP contribution >= 0.6 is 34.7 Å². The van der Waals surface area contributed by atoms with Crippen LogP contribution in [0.25, 0.3) is 11.5 Å². The predicted molar refractivity (Wildman–Crippen MR) is 111 cm³/mol. The smallest absolute Gasteiger partial charge is 0.277 e. The zero-order chi connectivity index (χ0) is 20.2. The molecule has 0 atom stereocenters. The summed E-state index contributed by atoms with van der Waals surface area (Å²) in [6.45, 7) is 2.35. The van der Waals surface area contributed by atoms with Gasteiger partial charge >= 0.3 is 0 Å². The molecule has 0 saturated heterocycles. The van der Waals surface area contributed by atoms with Crippen LogP contribution in [0.3, 0.4) is 0 Å². The molecule has 0 spiro atoms. The van der Waals surface area contributed by atoms with Gasteiger partial charge in [0.1, 0.15) is 5.76 Å². The average Bonchev–Trinajstić information content (AvgIpc) is 3.44. The second kappa shape index (κ2) is 8.81. The Morgan fingerprint density at radius 2 is 2.17 bits per heavy atom. The van der Waals surface area contributed by atoms with Crippen molar-refractivity contribution in [1.82, 2.24) is 14.8 Å². The zero-order valence-electron chi connectivity index (χ0n) is 15.2. The molecule has 0 N–H and O–H groups in total. The molecule has 3 heterocycles. The number of furan rings is 1. The minimum Gasteiger partial charge on any atom is -0.469 e. The molecule has 4 rings (SSSR count). The van der Waals surface area contributed by atoms with Crippen LogP contribution in [-0.4, -0.2) is 26.4 Å². The number of thioether (sulfide) groups is 1. The van der Waals surface area contributed by atoms with Crippen LogP contribution in [0.4, 0.5) is 0 Å². The van der Waals surface area contributed by atoms with Gasteiger partial charge in [0.05, 0.1) is 24.1 Å². The Labute approximate surface area is 179 Å². The van der Waals surface area contributed by atoms with E-state index in [1.54, 1.807) is 12.3 Å². The highest BCUT2D eigenvalue weighted by atomic mass is 35.5. The molecule has 0 saturated carbocycles. The molecule has 10 heteroatoms. The van der Waals surface area contributed by atoms with E-state index in [0.717, 1.165) is 22.9 Å². The maximum Gasteiger partial charge on any atom is 0.277 e. The summed E-state index contributed by atoms with van der Waals surface area (Å²) in [6.07, 6.45) is 3.44. The van der Waals surface area contributed by atoms with Gasteiger partial charge in [0, 0.05) is 16.6 Å². The van der Waals surface area contributed by atoms with Crippen LogP contribution in [-0.2, 0) is 11.3 Å². The molecule has 0 fully saturated rings. The molecule has 29 heavy (non-hydrogen) atoms. The van der Waals surface area contributed by atoms with Crippen molar-refractivity contribution in [2.75, 3.05) is 5.75 Å². The molecule has 1 amide bonds. The largest absolute Gasteiger partial charge is 0.469 e. The van der Waals surface area contributed by atoms with Gasteiger partial charge in [-0.2, -0.15) is 4.99 Å². The zero-order valence-corrected chi connectivity index (χ0v) is 17.6. The second-order valence-electron chi connectivity index (χ2n) is 5.96. The lowest BCUT2D eigenvalue weighted by atomic mass is 10.2. The van der Waals surface area contributed by atoms with Crippen molar-refractivity contribution in [3.05, 3.63) is 69.3 Å². The standard InChI is InChI=1S/C19H15ClN4O3S2/c1-12-14(6-8-26-12)17-22-23-19(27-17)29-11-16(25)21-18-24(7-9-28-18)10-13-4-2-3-5-15(13)20/h2-9H,10-11H2,1H3. The summed E-state index contributed by atoms with van der Waals surface area (Å²) in [5.41, 5.74) is 1.70. The van der Waals surface area contributed by atoms with Gasteiger partial charge in [-0.1, -0.05) is 41.6 Å². The molecule has 3 aromatic heterocycles. The van der Waals surface area contributed by atoms with Gasteiger partial charge in [0.25, 0.3) is 17.0 Å². The molecule has 148 valence electrons. The van der Waals surface area contributed by atoms with Crippen molar-refractivity contribution in [3.8, 4) is 11.5 Å². The Balaban J connectivity index is 1.42. The summed E-state index contributed by atoms with van der Waals surface area (Å²) in [6, 6.07) is 9.35. The number of rotatable bonds is 6. The fraction of sp³-hybridized carbons (Fsp3) is 0.158. The van der Waals surface area contributed by atoms with Crippen LogP contribution in [0.15, 0.2) is 67.2 Å². The van der Waals surface area contributed by atoms with Crippen LogP contribution in [0, 0.1) is 6.92 Å². The number of hydrogen-bond donors (Lipinski definition) is 0. The first-order valence-corrected chi connectivity index (χ1v) is 10.8. The van der Waals surface area contributed by atoms with Crippen molar-refractivity contribution in [2.45, 2.75) is 18.7 Å². The molecule has 1 aromatic carbocycles. The lowest BCUT2D eigenvalue weighted by Crippen LogP contribution is -2.17. The van der Waals surface area contributed by atoms with E-state index >= 15 is 0 Å². The maximum absolute atomic E-state index is 12.3. The lowest BCUT2D eigenvalue weighted by molar-refractivity contribution is -0.115. The summed E-state index contributed by atoms with van der Waals surface area (Å²) < 4.78 is 12.7. The molecular formula is C19H15ClN4O3S2. The quantitative estimate of drug-likeness (QED) is 0.407. The minimum absolute atomic E-state index is 0.0932. The van der Waals surface area contributed by atoms with Gasteiger partial charge in [-0.05, 0) is 24.6 Å². The lowest BCUT2D eigenvalue weighted by Gasteiger charge is -2.05. The van der Waals surface area contributed by atoms with Crippen molar-refractivity contribution >= 4 is 40.6 Å². The average molecular weight is 447 g/mol. The van der Waals surface area contributed by atoms with Gasteiger partial charge in [-0.15, -0.1) is 21.5 Å². The number of carbonyl (C=O) groups excluding carboxylic acids is 1. The van der Waals surface area contributed by atoms with Crippen molar-refractivity contribution in [1.29, 1.82) is 0 Å². The Morgan fingerprint density at radius 3 is 2.97 bits per heavy atom. The monoisotopic (exact) mass is 446 g/mol. The highest BCUT2D eigenvalue weighted by molar-refractivity contribution is 7.99. The van der Waals surface area contributed by atoms with E-state index in [2.05, 4.69) is 15.2 Å². The van der Waals surface area contributed by atoms with E-state index in [9.17, 15) is 4.79 Å². The maximum atomic E-state index is 12.3. The summed E-state index contributed by atoms with van der Waals surface area (Å²) in [5.74, 6) is 0.858. The fourth-order valence-corrected chi connectivity index (χ4v) is 4.05. The molecule has 0 aliphatic heterocycles. The summed E-state index contributed by atoms with van der Waals surface area (Å²) in [4.78, 5) is 17.1. The van der Waals surface area contributed by atoms with Gasteiger partial charge < -0.3 is 13.4 Å². The number of halogens is 1. The number of benzene rings is 1. The minimum atomic E-state index is -0.287. The van der Waals surface area contributed by atoms with Gasteiger partial charge in [-0.25, -0.2) is 0 Å². The first-order chi connectivity index (χ1) is 14.1. The molecule has 0 aliphatic carbocycles. The molecular weight excluding hydrogens is 432 g/mol. The first kappa shape index (κ1) is 19.7. The number of aromatic nitrogens is 3. The van der Waals surface area contributed by atoms with Crippen LogP contribution in [0.1, 0.15) is 11.3 Å². The molecule has 0 bridgehead atoms. The van der Waals surface area contributed by atoms with Crippen LogP contribution in [0.2, 0.25) is 5.02 Å². The third-order valence-electron chi connectivity index (χ3n) is 3.99. The summed E-state index contributed by atoms with van der Waals surface area (Å²) in [7, 11) is 0. The summed E-state index contributed by atoms with van der Waals surface area (Å²) >= 11 is 8.76. The number of hydrogen-bond acceptors (Lipinski definition) is 7. The summed E-state index contributed by atoms with van der Waals surface area (Å²) in [5, 5.41) is 10.8.